The summed E-state index contributed by atoms with van der Waals surface area (Å²) in [7, 11) is 0. The first kappa shape index (κ1) is 15.3. The van der Waals surface area contributed by atoms with E-state index >= 15 is 0 Å². The number of benzene rings is 1. The molecule has 19 heavy (non-hydrogen) atoms. The Hall–Kier alpha value is -1.75. The minimum Gasteiger partial charge on any atom is -0.494 e. The molecule has 1 aromatic carbocycles. The van der Waals surface area contributed by atoms with Crippen molar-refractivity contribution in [2.24, 2.45) is 5.73 Å². The lowest BCUT2D eigenvalue weighted by atomic mass is 10.2. The molecule has 0 aliphatic rings. The zero-order valence-corrected chi connectivity index (χ0v) is 11.4. The molecule has 0 bridgehead atoms. The molecule has 1 rings (SSSR count). The van der Waals surface area contributed by atoms with E-state index in [1.807, 2.05) is 13.0 Å². The molecule has 0 radical (unpaired) electrons. The van der Waals surface area contributed by atoms with Crippen LogP contribution in [0.25, 0.3) is 0 Å². The van der Waals surface area contributed by atoms with Gasteiger partial charge in [0.25, 0.3) is 5.91 Å². The lowest BCUT2D eigenvalue weighted by molar-refractivity contribution is -0.147. The number of esters is 1. The standard InChI is InChI=1S/C13H16ClNO4/c1-9-7-10(4-5-11(9)14)18-6-2-3-13(17)19-8-12(15)16/h4-5,7H,2-3,6,8H2,1H3,(H2,15,16). The van der Waals surface area contributed by atoms with Crippen LogP contribution in [0.3, 0.4) is 0 Å². The van der Waals surface area contributed by atoms with Crippen LogP contribution in [0.1, 0.15) is 18.4 Å². The number of primary amides is 1. The maximum Gasteiger partial charge on any atom is 0.306 e. The van der Waals surface area contributed by atoms with Gasteiger partial charge in [-0.25, -0.2) is 0 Å². The summed E-state index contributed by atoms with van der Waals surface area (Å²) in [4.78, 5) is 21.5. The van der Waals surface area contributed by atoms with Crippen molar-refractivity contribution >= 4 is 23.5 Å². The Labute approximate surface area is 116 Å². The predicted molar refractivity (Wildman–Crippen MR) is 71.1 cm³/mol. The van der Waals surface area contributed by atoms with Crippen molar-refractivity contribution in [2.45, 2.75) is 19.8 Å². The van der Waals surface area contributed by atoms with Crippen molar-refractivity contribution in [1.82, 2.24) is 0 Å². The van der Waals surface area contributed by atoms with E-state index in [0.717, 1.165) is 5.56 Å². The topological polar surface area (TPSA) is 78.6 Å². The molecule has 2 N–H and O–H groups in total. The summed E-state index contributed by atoms with van der Waals surface area (Å²) in [6.07, 6.45) is 0.680. The molecule has 0 aliphatic heterocycles. The van der Waals surface area contributed by atoms with Crippen molar-refractivity contribution in [2.75, 3.05) is 13.2 Å². The molecule has 104 valence electrons. The number of hydrogen-bond donors (Lipinski definition) is 1. The van der Waals surface area contributed by atoms with Gasteiger partial charge in [-0.3, -0.25) is 9.59 Å². The van der Waals surface area contributed by atoms with Crippen LogP contribution < -0.4 is 10.5 Å². The van der Waals surface area contributed by atoms with Gasteiger partial charge in [0.1, 0.15) is 5.75 Å². The molecule has 0 unspecified atom stereocenters. The molecule has 0 aliphatic carbocycles. The van der Waals surface area contributed by atoms with E-state index in [9.17, 15) is 9.59 Å². The Morgan fingerprint density at radius 1 is 1.37 bits per heavy atom. The number of ether oxygens (including phenoxy) is 2. The summed E-state index contributed by atoms with van der Waals surface area (Å²) in [6, 6.07) is 5.35. The first-order valence-electron chi connectivity index (χ1n) is 5.82. The summed E-state index contributed by atoms with van der Waals surface area (Å²) in [5.74, 6) is -0.427. The lowest BCUT2D eigenvalue weighted by Gasteiger charge is -2.07. The number of hydrogen-bond acceptors (Lipinski definition) is 4. The first-order chi connectivity index (χ1) is 8.99. The molecule has 0 aromatic heterocycles. The molecule has 0 atom stereocenters. The number of halogens is 1. The number of rotatable bonds is 7. The second-order valence-corrected chi connectivity index (χ2v) is 4.40. The fourth-order valence-corrected chi connectivity index (χ4v) is 1.45. The van der Waals surface area contributed by atoms with Crippen LogP contribution in [0.5, 0.6) is 5.75 Å². The molecule has 1 aromatic rings. The highest BCUT2D eigenvalue weighted by Gasteiger charge is 2.05. The zero-order valence-electron chi connectivity index (χ0n) is 10.6. The average Bonchev–Trinajstić information content (AvgIpc) is 2.36. The van der Waals surface area contributed by atoms with Crippen LogP contribution in [0, 0.1) is 6.92 Å². The Morgan fingerprint density at radius 2 is 2.11 bits per heavy atom. The van der Waals surface area contributed by atoms with Crippen molar-refractivity contribution in [3.8, 4) is 5.75 Å². The quantitative estimate of drug-likeness (QED) is 0.612. The van der Waals surface area contributed by atoms with Gasteiger partial charge in [0.15, 0.2) is 6.61 Å². The summed E-state index contributed by atoms with van der Waals surface area (Å²) >= 11 is 5.89. The molecule has 0 spiro atoms. The third-order valence-corrected chi connectivity index (χ3v) is 2.72. The monoisotopic (exact) mass is 285 g/mol. The summed E-state index contributed by atoms with van der Waals surface area (Å²) in [5, 5.41) is 0.683. The molecule has 0 fully saturated rings. The fraction of sp³-hybridized carbons (Fsp3) is 0.385. The smallest absolute Gasteiger partial charge is 0.306 e. The van der Waals surface area contributed by atoms with Gasteiger partial charge in [-0.05, 0) is 37.1 Å². The zero-order chi connectivity index (χ0) is 14.3. The highest BCUT2D eigenvalue weighted by Crippen LogP contribution is 2.21. The third-order valence-electron chi connectivity index (χ3n) is 2.30. The van der Waals surface area contributed by atoms with E-state index in [1.54, 1.807) is 12.1 Å². The van der Waals surface area contributed by atoms with Crippen LogP contribution in [0.2, 0.25) is 5.02 Å². The number of carbonyl (C=O) groups excluding carboxylic acids is 2. The van der Waals surface area contributed by atoms with Gasteiger partial charge in [-0.2, -0.15) is 0 Å². The van der Waals surface area contributed by atoms with Crippen LogP contribution in [0.4, 0.5) is 0 Å². The average molecular weight is 286 g/mol. The Kier molecular flexibility index (Phi) is 6.15. The maximum atomic E-state index is 11.2. The van der Waals surface area contributed by atoms with Crippen molar-refractivity contribution in [1.29, 1.82) is 0 Å². The fourth-order valence-electron chi connectivity index (χ4n) is 1.34. The van der Waals surface area contributed by atoms with E-state index in [0.29, 0.717) is 23.8 Å². The Morgan fingerprint density at radius 3 is 2.74 bits per heavy atom. The molecular weight excluding hydrogens is 270 g/mol. The van der Waals surface area contributed by atoms with Gasteiger partial charge in [-0.15, -0.1) is 0 Å². The molecule has 0 saturated carbocycles. The van der Waals surface area contributed by atoms with E-state index in [1.165, 1.54) is 0 Å². The number of aryl methyl sites for hydroxylation is 1. The number of amides is 1. The van der Waals surface area contributed by atoms with Crippen LogP contribution in [-0.4, -0.2) is 25.1 Å². The largest absolute Gasteiger partial charge is 0.494 e. The van der Waals surface area contributed by atoms with Gasteiger partial charge in [-0.1, -0.05) is 11.6 Å². The maximum absolute atomic E-state index is 11.2. The highest BCUT2D eigenvalue weighted by molar-refractivity contribution is 6.31. The van der Waals surface area contributed by atoms with Crippen molar-refractivity contribution in [3.63, 3.8) is 0 Å². The summed E-state index contributed by atoms with van der Waals surface area (Å²) < 4.78 is 10.1. The van der Waals surface area contributed by atoms with Crippen molar-refractivity contribution < 1.29 is 19.1 Å². The van der Waals surface area contributed by atoms with Gasteiger partial charge in [0.2, 0.25) is 0 Å². The Balaban J connectivity index is 2.21. The molecule has 0 saturated heterocycles. The van der Waals surface area contributed by atoms with Gasteiger partial charge >= 0.3 is 5.97 Å². The normalized spacial score (nSPS) is 10.0. The second kappa shape index (κ2) is 7.63. The minimum atomic E-state index is -0.666. The van der Waals surface area contributed by atoms with E-state index in [4.69, 9.17) is 22.1 Å². The molecule has 5 nitrogen and oxygen atoms in total. The lowest BCUT2D eigenvalue weighted by Crippen LogP contribution is -2.21. The summed E-state index contributed by atoms with van der Waals surface area (Å²) in [5.41, 5.74) is 5.78. The van der Waals surface area contributed by atoms with Crippen LogP contribution in [0.15, 0.2) is 18.2 Å². The van der Waals surface area contributed by atoms with Gasteiger partial charge in [0, 0.05) is 11.4 Å². The predicted octanol–water partition coefficient (Wildman–Crippen LogP) is 1.84. The third kappa shape index (κ3) is 6.10. The SMILES string of the molecule is Cc1cc(OCCCC(=O)OCC(N)=O)ccc1Cl. The van der Waals surface area contributed by atoms with Crippen LogP contribution in [-0.2, 0) is 14.3 Å². The highest BCUT2D eigenvalue weighted by atomic mass is 35.5. The van der Waals surface area contributed by atoms with Gasteiger partial charge in [0.05, 0.1) is 6.61 Å². The summed E-state index contributed by atoms with van der Waals surface area (Å²) in [6.45, 7) is 1.89. The molecule has 0 heterocycles. The van der Waals surface area contributed by atoms with E-state index < -0.39 is 11.9 Å². The van der Waals surface area contributed by atoms with Gasteiger partial charge < -0.3 is 15.2 Å². The number of nitrogens with two attached hydrogens (primary N) is 1. The minimum absolute atomic E-state index is 0.180. The van der Waals surface area contributed by atoms with E-state index in [-0.39, 0.29) is 13.0 Å². The number of carbonyl (C=O) groups is 2. The molecule has 1 amide bonds. The first-order valence-corrected chi connectivity index (χ1v) is 6.19. The second-order valence-electron chi connectivity index (χ2n) is 3.99. The van der Waals surface area contributed by atoms with E-state index in [2.05, 4.69) is 4.74 Å². The van der Waals surface area contributed by atoms with Crippen molar-refractivity contribution in [3.05, 3.63) is 28.8 Å². The molecule has 6 heteroatoms. The Bertz CT molecular complexity index is 462. The molecular formula is C13H16ClNO4. The van der Waals surface area contributed by atoms with Crippen LogP contribution >= 0.6 is 11.6 Å².